The second-order valence-electron chi connectivity index (χ2n) is 0.469. The van der Waals surface area contributed by atoms with Crippen LogP contribution >= 0.6 is 13.5 Å². The van der Waals surface area contributed by atoms with Crippen LogP contribution in [0.25, 0.3) is 0 Å². The van der Waals surface area contributed by atoms with Gasteiger partial charge in [0.05, 0.1) is 12.5 Å². The standard InChI is InChI=1S/C4H6O.H2S/c1-3-5-4-2;/h3-4H,1-2H2;1H2. The number of hydrogen-bond acceptors (Lipinski definition) is 1. The van der Waals surface area contributed by atoms with E-state index in [2.05, 4.69) is 17.9 Å². The van der Waals surface area contributed by atoms with Crippen LogP contribution in [0.5, 0.6) is 0 Å². The van der Waals surface area contributed by atoms with Gasteiger partial charge in [0.25, 0.3) is 0 Å². The molecule has 0 atom stereocenters. The zero-order valence-corrected chi connectivity index (χ0v) is 4.48. The molecule has 0 rings (SSSR count). The van der Waals surface area contributed by atoms with E-state index in [-0.39, 0.29) is 13.5 Å². The van der Waals surface area contributed by atoms with E-state index in [1.807, 2.05) is 0 Å². The van der Waals surface area contributed by atoms with Crippen LogP contribution in [0.2, 0.25) is 0 Å². The molecule has 0 aliphatic rings. The van der Waals surface area contributed by atoms with Gasteiger partial charge in [-0.3, -0.25) is 0 Å². The third kappa shape index (κ3) is 9.45. The van der Waals surface area contributed by atoms with Crippen molar-refractivity contribution in [3.63, 3.8) is 0 Å². The lowest BCUT2D eigenvalue weighted by molar-refractivity contribution is 0.406. The summed E-state index contributed by atoms with van der Waals surface area (Å²) in [4.78, 5) is 0. The Morgan fingerprint density at radius 1 is 1.17 bits per heavy atom. The molecule has 1 nitrogen and oxygen atoms in total. The van der Waals surface area contributed by atoms with Crippen molar-refractivity contribution in [2.24, 2.45) is 0 Å². The van der Waals surface area contributed by atoms with Crippen molar-refractivity contribution in [2.75, 3.05) is 0 Å². The lowest BCUT2D eigenvalue weighted by Crippen LogP contribution is -1.52. The average Bonchev–Trinajstić information content (AvgIpc) is 1.41. The van der Waals surface area contributed by atoms with Crippen molar-refractivity contribution in [3.05, 3.63) is 25.7 Å². The van der Waals surface area contributed by atoms with Gasteiger partial charge in [-0.1, -0.05) is 13.2 Å². The maximum absolute atomic E-state index is 4.36. The van der Waals surface area contributed by atoms with Gasteiger partial charge in [0.2, 0.25) is 0 Å². The van der Waals surface area contributed by atoms with Gasteiger partial charge in [0.1, 0.15) is 0 Å². The first kappa shape index (κ1) is 9.16. The molecule has 0 N–H and O–H groups in total. The van der Waals surface area contributed by atoms with E-state index in [1.165, 1.54) is 12.5 Å². The van der Waals surface area contributed by atoms with Gasteiger partial charge in [0, 0.05) is 0 Å². The van der Waals surface area contributed by atoms with Crippen LogP contribution in [0.3, 0.4) is 0 Å². The Balaban J connectivity index is 0. The van der Waals surface area contributed by atoms with E-state index < -0.39 is 0 Å². The molecule has 0 aliphatic heterocycles. The topological polar surface area (TPSA) is 9.23 Å². The second-order valence-corrected chi connectivity index (χ2v) is 0.469. The van der Waals surface area contributed by atoms with Crippen molar-refractivity contribution < 1.29 is 4.74 Å². The summed E-state index contributed by atoms with van der Waals surface area (Å²) >= 11 is 0. The third-order valence-corrected chi connectivity index (χ3v) is 0.192. The molecule has 0 bridgehead atoms. The Bertz CT molecular complexity index is 36.8. The minimum absolute atomic E-state index is 0. The molecule has 0 radical (unpaired) electrons. The number of rotatable bonds is 2. The zero-order valence-electron chi connectivity index (χ0n) is 3.48. The lowest BCUT2D eigenvalue weighted by Gasteiger charge is -1.76. The summed E-state index contributed by atoms with van der Waals surface area (Å²) in [5.41, 5.74) is 0. The highest BCUT2D eigenvalue weighted by atomic mass is 32.1. The number of hydrogen-bond donors (Lipinski definition) is 0. The van der Waals surface area contributed by atoms with Crippen LogP contribution < -0.4 is 0 Å². The van der Waals surface area contributed by atoms with Gasteiger partial charge >= 0.3 is 0 Å². The van der Waals surface area contributed by atoms with Crippen LogP contribution in [0.1, 0.15) is 0 Å². The van der Waals surface area contributed by atoms with E-state index in [0.717, 1.165) is 0 Å². The van der Waals surface area contributed by atoms with Crippen molar-refractivity contribution in [2.45, 2.75) is 0 Å². The summed E-state index contributed by atoms with van der Waals surface area (Å²) in [6, 6.07) is 0. The first-order valence-corrected chi connectivity index (χ1v) is 1.29. The second kappa shape index (κ2) is 8.82. The first-order valence-electron chi connectivity index (χ1n) is 1.29. The van der Waals surface area contributed by atoms with Crippen molar-refractivity contribution in [1.29, 1.82) is 0 Å². The highest BCUT2D eigenvalue weighted by molar-refractivity contribution is 7.59. The quantitative estimate of drug-likeness (QED) is 0.481. The summed E-state index contributed by atoms with van der Waals surface area (Å²) in [7, 11) is 0. The Hall–Kier alpha value is -0.370. The molecule has 0 heterocycles. The zero-order chi connectivity index (χ0) is 4.12. The molecule has 0 fully saturated rings. The van der Waals surface area contributed by atoms with Gasteiger partial charge in [-0.25, -0.2) is 0 Å². The fourth-order valence-electron chi connectivity index (χ4n) is 0.0680. The minimum atomic E-state index is 0. The SMILES string of the molecule is C=COC=C.S. The van der Waals surface area contributed by atoms with Crippen LogP contribution in [0.4, 0.5) is 0 Å². The van der Waals surface area contributed by atoms with E-state index >= 15 is 0 Å². The van der Waals surface area contributed by atoms with Crippen molar-refractivity contribution in [1.82, 2.24) is 0 Å². The van der Waals surface area contributed by atoms with Gasteiger partial charge in [-0.2, -0.15) is 13.5 Å². The fraction of sp³-hybridized carbons (Fsp3) is 0. The molecular weight excluding hydrogens is 96.1 g/mol. The monoisotopic (exact) mass is 104 g/mol. The normalized spacial score (nSPS) is 4.67. The maximum atomic E-state index is 4.36. The molecule has 0 aromatic carbocycles. The molecule has 0 aromatic heterocycles. The Morgan fingerprint density at radius 2 is 1.50 bits per heavy atom. The molecule has 0 amide bonds. The summed E-state index contributed by atoms with van der Waals surface area (Å²) < 4.78 is 4.36. The van der Waals surface area contributed by atoms with E-state index in [1.54, 1.807) is 0 Å². The third-order valence-electron chi connectivity index (χ3n) is 0.192. The van der Waals surface area contributed by atoms with Crippen LogP contribution in [-0.2, 0) is 4.74 Å². The van der Waals surface area contributed by atoms with E-state index in [0.29, 0.717) is 0 Å². The van der Waals surface area contributed by atoms with E-state index in [4.69, 9.17) is 0 Å². The summed E-state index contributed by atoms with van der Waals surface area (Å²) in [5, 5.41) is 0. The molecular formula is C4H8OS. The highest BCUT2D eigenvalue weighted by Gasteiger charge is 1.45. The average molecular weight is 104 g/mol. The lowest BCUT2D eigenvalue weighted by atomic mass is 11.1. The van der Waals surface area contributed by atoms with Crippen molar-refractivity contribution in [3.8, 4) is 0 Å². The van der Waals surface area contributed by atoms with Gasteiger partial charge in [0.15, 0.2) is 0 Å². The predicted octanol–water partition coefficient (Wildman–Crippen LogP) is 1.40. The molecule has 36 valence electrons. The Kier molecular flexibility index (Phi) is 13.5. The minimum Gasteiger partial charge on any atom is -0.474 e. The Labute approximate surface area is 44.8 Å². The van der Waals surface area contributed by atoms with Crippen LogP contribution in [-0.4, -0.2) is 0 Å². The molecule has 0 aromatic rings. The fourth-order valence-corrected chi connectivity index (χ4v) is 0.0680. The molecule has 2 heteroatoms. The summed E-state index contributed by atoms with van der Waals surface area (Å²) in [6.45, 7) is 6.51. The molecule has 6 heavy (non-hydrogen) atoms. The molecule has 0 saturated carbocycles. The Morgan fingerprint density at radius 3 is 1.50 bits per heavy atom. The van der Waals surface area contributed by atoms with Crippen LogP contribution in [0.15, 0.2) is 25.7 Å². The largest absolute Gasteiger partial charge is 0.474 e. The van der Waals surface area contributed by atoms with E-state index in [9.17, 15) is 0 Å². The van der Waals surface area contributed by atoms with Gasteiger partial charge in [-0.05, 0) is 0 Å². The molecule has 0 aliphatic carbocycles. The summed E-state index contributed by atoms with van der Waals surface area (Å²) in [6.07, 6.45) is 2.62. The highest BCUT2D eigenvalue weighted by Crippen LogP contribution is 1.65. The first-order chi connectivity index (χ1) is 2.41. The summed E-state index contributed by atoms with van der Waals surface area (Å²) in [5.74, 6) is 0. The predicted molar refractivity (Wildman–Crippen MR) is 31.9 cm³/mol. The van der Waals surface area contributed by atoms with Gasteiger partial charge < -0.3 is 4.74 Å². The van der Waals surface area contributed by atoms with Gasteiger partial charge in [-0.15, -0.1) is 0 Å². The maximum Gasteiger partial charge on any atom is 0.0829 e. The number of ether oxygens (including phenoxy) is 1. The smallest absolute Gasteiger partial charge is 0.0829 e. The van der Waals surface area contributed by atoms with Crippen LogP contribution in [0, 0.1) is 0 Å². The molecule has 0 unspecified atom stereocenters. The molecule has 0 spiro atoms. The van der Waals surface area contributed by atoms with Crippen molar-refractivity contribution >= 4 is 13.5 Å². The molecule has 0 saturated heterocycles.